The highest BCUT2D eigenvalue weighted by Gasteiger charge is 2.22. The predicted molar refractivity (Wildman–Crippen MR) is 80.3 cm³/mol. The Kier molecular flexibility index (Phi) is 4.58. The number of aromatic hydroxyl groups is 1. The molecular formula is C14H18Cl2N2O. The average Bonchev–Trinajstić information content (AvgIpc) is 2.34. The average molecular weight is 301 g/mol. The first-order chi connectivity index (χ1) is 8.99. The predicted octanol–water partition coefficient (Wildman–Crippen LogP) is 4.30. The van der Waals surface area contributed by atoms with Crippen LogP contribution >= 0.6 is 23.2 Å². The summed E-state index contributed by atoms with van der Waals surface area (Å²) in [6.07, 6.45) is 5.15. The van der Waals surface area contributed by atoms with Crippen molar-refractivity contribution in [3.05, 3.63) is 27.7 Å². The maximum atomic E-state index is 9.88. The van der Waals surface area contributed by atoms with E-state index < -0.39 is 0 Å². The van der Waals surface area contributed by atoms with Crippen LogP contribution in [0, 0.1) is 0 Å². The summed E-state index contributed by atoms with van der Waals surface area (Å²) in [6.45, 7) is 4.33. The van der Waals surface area contributed by atoms with Crippen molar-refractivity contribution in [1.82, 2.24) is 5.01 Å². The van der Waals surface area contributed by atoms with E-state index in [2.05, 4.69) is 24.0 Å². The summed E-state index contributed by atoms with van der Waals surface area (Å²) in [6, 6.07) is 4.00. The summed E-state index contributed by atoms with van der Waals surface area (Å²) in [7, 11) is 0. The van der Waals surface area contributed by atoms with Gasteiger partial charge in [-0.25, -0.2) is 0 Å². The summed E-state index contributed by atoms with van der Waals surface area (Å²) >= 11 is 11.8. The summed E-state index contributed by atoms with van der Waals surface area (Å²) in [4.78, 5) is 0. The van der Waals surface area contributed by atoms with Crippen LogP contribution in [0.25, 0.3) is 0 Å². The van der Waals surface area contributed by atoms with Crippen molar-refractivity contribution < 1.29 is 5.11 Å². The van der Waals surface area contributed by atoms with Crippen molar-refractivity contribution in [2.45, 2.75) is 45.2 Å². The quantitative estimate of drug-likeness (QED) is 0.827. The van der Waals surface area contributed by atoms with Crippen molar-refractivity contribution in [2.75, 3.05) is 0 Å². The number of rotatable bonds is 2. The fourth-order valence-electron chi connectivity index (χ4n) is 2.45. The molecule has 1 N–H and O–H groups in total. The molecule has 0 spiro atoms. The molecule has 0 radical (unpaired) electrons. The van der Waals surface area contributed by atoms with Crippen LogP contribution in [0.2, 0.25) is 10.0 Å². The van der Waals surface area contributed by atoms with Gasteiger partial charge in [0.25, 0.3) is 0 Å². The molecule has 1 aliphatic heterocycles. The van der Waals surface area contributed by atoms with E-state index in [0.717, 1.165) is 12.8 Å². The topological polar surface area (TPSA) is 35.8 Å². The van der Waals surface area contributed by atoms with Crippen LogP contribution in [0.4, 0.5) is 0 Å². The van der Waals surface area contributed by atoms with Crippen LogP contribution in [-0.2, 0) is 0 Å². The van der Waals surface area contributed by atoms with E-state index >= 15 is 0 Å². The van der Waals surface area contributed by atoms with E-state index in [1.54, 1.807) is 12.3 Å². The molecule has 0 amide bonds. The smallest absolute Gasteiger partial charge is 0.143 e. The minimum absolute atomic E-state index is 0.0205. The maximum Gasteiger partial charge on any atom is 0.143 e. The number of hydrogen-bond acceptors (Lipinski definition) is 3. The lowest BCUT2D eigenvalue weighted by molar-refractivity contribution is 0.109. The van der Waals surface area contributed by atoms with Gasteiger partial charge in [0.2, 0.25) is 0 Å². The Morgan fingerprint density at radius 2 is 1.89 bits per heavy atom. The number of piperidine rings is 1. The number of nitrogens with zero attached hydrogens (tertiary/aromatic N) is 2. The molecule has 0 aromatic heterocycles. The van der Waals surface area contributed by atoms with Gasteiger partial charge in [0.15, 0.2) is 0 Å². The van der Waals surface area contributed by atoms with Crippen molar-refractivity contribution in [1.29, 1.82) is 0 Å². The molecular weight excluding hydrogens is 283 g/mol. The Morgan fingerprint density at radius 3 is 2.53 bits per heavy atom. The van der Waals surface area contributed by atoms with E-state index in [9.17, 15) is 5.11 Å². The maximum absolute atomic E-state index is 9.88. The van der Waals surface area contributed by atoms with Gasteiger partial charge in [-0.3, -0.25) is 5.01 Å². The molecule has 1 heterocycles. The number of hydrogen-bond donors (Lipinski definition) is 1. The molecule has 1 saturated heterocycles. The van der Waals surface area contributed by atoms with Crippen molar-refractivity contribution in [2.24, 2.45) is 5.10 Å². The van der Waals surface area contributed by atoms with E-state index in [-0.39, 0.29) is 10.8 Å². The third-order valence-electron chi connectivity index (χ3n) is 3.53. The van der Waals surface area contributed by atoms with Crippen molar-refractivity contribution in [3.63, 3.8) is 0 Å². The molecule has 0 unspecified atom stereocenters. The Hall–Kier alpha value is -0.930. The van der Waals surface area contributed by atoms with Gasteiger partial charge in [-0.2, -0.15) is 5.10 Å². The molecule has 2 rings (SSSR count). The van der Waals surface area contributed by atoms with Gasteiger partial charge >= 0.3 is 0 Å². The number of halogens is 2. The lowest BCUT2D eigenvalue weighted by Crippen LogP contribution is -2.39. The summed E-state index contributed by atoms with van der Waals surface area (Å²) in [5.74, 6) is 0.0205. The fourth-order valence-corrected chi connectivity index (χ4v) is 2.96. The lowest BCUT2D eigenvalue weighted by atomic mass is 10.00. The summed E-state index contributed by atoms with van der Waals surface area (Å²) in [5, 5.41) is 17.2. The molecule has 1 fully saturated rings. The van der Waals surface area contributed by atoms with E-state index in [1.807, 2.05) is 0 Å². The Morgan fingerprint density at radius 1 is 1.26 bits per heavy atom. The first kappa shape index (κ1) is 14.5. The molecule has 1 aromatic carbocycles. The lowest BCUT2D eigenvalue weighted by Gasteiger charge is -2.36. The molecule has 0 bridgehead atoms. The van der Waals surface area contributed by atoms with Crippen molar-refractivity contribution >= 4 is 29.4 Å². The number of phenolic OH excluding ortho intramolecular Hbond substituents is 1. The van der Waals surface area contributed by atoms with Gasteiger partial charge in [0.05, 0.1) is 11.2 Å². The van der Waals surface area contributed by atoms with Gasteiger partial charge in [0.1, 0.15) is 5.75 Å². The highest BCUT2D eigenvalue weighted by atomic mass is 35.5. The van der Waals surface area contributed by atoms with Crippen LogP contribution in [0.1, 0.15) is 38.7 Å². The molecule has 0 saturated carbocycles. The SMILES string of the molecule is C[C@@H]1CCC[C@@H](C)N1/N=C/c1cc(Cl)cc(Cl)c1O. The molecule has 0 aliphatic carbocycles. The van der Waals surface area contributed by atoms with Crippen LogP contribution in [0.3, 0.4) is 0 Å². The molecule has 3 nitrogen and oxygen atoms in total. The largest absolute Gasteiger partial charge is 0.506 e. The molecule has 2 atom stereocenters. The summed E-state index contributed by atoms with van der Waals surface area (Å²) < 4.78 is 0. The monoisotopic (exact) mass is 300 g/mol. The molecule has 19 heavy (non-hydrogen) atoms. The second-order valence-electron chi connectivity index (χ2n) is 5.08. The van der Waals surface area contributed by atoms with E-state index in [0.29, 0.717) is 22.7 Å². The van der Waals surface area contributed by atoms with E-state index in [4.69, 9.17) is 23.2 Å². The van der Waals surface area contributed by atoms with Crippen LogP contribution in [0.15, 0.2) is 17.2 Å². The number of phenols is 1. The normalized spacial score (nSPS) is 24.1. The third kappa shape index (κ3) is 3.34. The van der Waals surface area contributed by atoms with Gasteiger partial charge in [0, 0.05) is 22.7 Å². The second kappa shape index (κ2) is 6.02. The van der Waals surface area contributed by atoms with Crippen LogP contribution < -0.4 is 0 Å². The number of hydrazone groups is 1. The third-order valence-corrected chi connectivity index (χ3v) is 4.04. The second-order valence-corrected chi connectivity index (χ2v) is 5.92. The number of benzene rings is 1. The standard InChI is InChI=1S/C14H18Cl2N2O/c1-9-4-3-5-10(2)18(9)17-8-11-6-12(15)7-13(16)14(11)19/h6-10,19H,3-5H2,1-2H3/b17-8+/t9-,10-/m1/s1. The molecule has 1 aromatic rings. The minimum atomic E-state index is 0.0205. The molecule has 1 aliphatic rings. The van der Waals surface area contributed by atoms with Gasteiger partial charge in [-0.05, 0) is 45.2 Å². The van der Waals surface area contributed by atoms with Gasteiger partial charge in [-0.1, -0.05) is 23.2 Å². The Bertz CT molecular complexity index is 481. The zero-order chi connectivity index (χ0) is 14.0. The highest BCUT2D eigenvalue weighted by Crippen LogP contribution is 2.30. The van der Waals surface area contributed by atoms with E-state index in [1.165, 1.54) is 12.5 Å². The fraction of sp³-hybridized carbons (Fsp3) is 0.500. The first-order valence-corrected chi connectivity index (χ1v) is 7.25. The van der Waals surface area contributed by atoms with Crippen LogP contribution in [-0.4, -0.2) is 28.4 Å². The molecule has 104 valence electrons. The highest BCUT2D eigenvalue weighted by molar-refractivity contribution is 6.36. The first-order valence-electron chi connectivity index (χ1n) is 6.49. The Labute approximate surface area is 123 Å². The van der Waals surface area contributed by atoms with Crippen LogP contribution in [0.5, 0.6) is 5.75 Å². The molecule has 5 heteroatoms. The zero-order valence-electron chi connectivity index (χ0n) is 11.1. The van der Waals surface area contributed by atoms with Crippen molar-refractivity contribution in [3.8, 4) is 5.75 Å². The Balaban J connectivity index is 2.22. The zero-order valence-corrected chi connectivity index (χ0v) is 12.6. The summed E-state index contributed by atoms with van der Waals surface area (Å²) in [5.41, 5.74) is 0.544. The van der Waals surface area contributed by atoms with Gasteiger partial charge in [-0.15, -0.1) is 0 Å². The van der Waals surface area contributed by atoms with Gasteiger partial charge < -0.3 is 5.11 Å². The minimum Gasteiger partial charge on any atom is -0.506 e.